The lowest BCUT2D eigenvalue weighted by Crippen LogP contribution is -2.30. The van der Waals surface area contributed by atoms with E-state index in [2.05, 4.69) is 5.43 Å². The van der Waals surface area contributed by atoms with Gasteiger partial charge in [-0.25, -0.2) is 13.2 Å². The molecule has 2 rings (SSSR count). The SMILES string of the molecule is NNC(Cc1cc(F)ccc1Cl)c1cc(F)ccc1F. The van der Waals surface area contributed by atoms with Gasteiger partial charge in [-0.2, -0.15) is 0 Å². The summed E-state index contributed by atoms with van der Waals surface area (Å²) in [7, 11) is 0. The van der Waals surface area contributed by atoms with Crippen LogP contribution < -0.4 is 11.3 Å². The van der Waals surface area contributed by atoms with Gasteiger partial charge >= 0.3 is 0 Å². The van der Waals surface area contributed by atoms with E-state index >= 15 is 0 Å². The fourth-order valence-electron chi connectivity index (χ4n) is 1.96. The minimum Gasteiger partial charge on any atom is -0.271 e. The summed E-state index contributed by atoms with van der Waals surface area (Å²) in [6, 6.07) is 6.23. The van der Waals surface area contributed by atoms with Gasteiger partial charge in [0.2, 0.25) is 0 Å². The zero-order valence-electron chi connectivity index (χ0n) is 10.3. The van der Waals surface area contributed by atoms with E-state index in [1.165, 1.54) is 18.2 Å². The first-order chi connectivity index (χ1) is 9.51. The molecule has 1 unspecified atom stereocenters. The van der Waals surface area contributed by atoms with E-state index < -0.39 is 23.5 Å². The van der Waals surface area contributed by atoms with Crippen LogP contribution in [0.25, 0.3) is 0 Å². The molecule has 0 saturated heterocycles. The Kier molecular flexibility index (Phi) is 4.65. The second kappa shape index (κ2) is 6.26. The summed E-state index contributed by atoms with van der Waals surface area (Å²) in [5, 5.41) is 0.337. The van der Waals surface area contributed by atoms with Crippen molar-refractivity contribution in [3.8, 4) is 0 Å². The minimum atomic E-state index is -0.718. The molecule has 1 atom stereocenters. The van der Waals surface area contributed by atoms with Crippen molar-refractivity contribution in [1.82, 2.24) is 5.43 Å². The molecule has 0 radical (unpaired) electrons. The van der Waals surface area contributed by atoms with Crippen molar-refractivity contribution in [2.75, 3.05) is 0 Å². The Balaban J connectivity index is 2.33. The first kappa shape index (κ1) is 14.8. The van der Waals surface area contributed by atoms with Crippen LogP contribution in [0, 0.1) is 17.5 Å². The van der Waals surface area contributed by atoms with Gasteiger partial charge in [0.15, 0.2) is 0 Å². The van der Waals surface area contributed by atoms with Crippen LogP contribution in [0.3, 0.4) is 0 Å². The first-order valence-electron chi connectivity index (χ1n) is 5.86. The second-order valence-electron chi connectivity index (χ2n) is 4.32. The lowest BCUT2D eigenvalue weighted by molar-refractivity contribution is 0.501. The summed E-state index contributed by atoms with van der Waals surface area (Å²) in [6.45, 7) is 0. The van der Waals surface area contributed by atoms with Crippen LogP contribution in [0.4, 0.5) is 13.2 Å². The summed E-state index contributed by atoms with van der Waals surface area (Å²) >= 11 is 5.95. The van der Waals surface area contributed by atoms with Crippen molar-refractivity contribution in [3.63, 3.8) is 0 Å². The highest BCUT2D eigenvalue weighted by Crippen LogP contribution is 2.26. The highest BCUT2D eigenvalue weighted by Gasteiger charge is 2.17. The number of halogens is 4. The quantitative estimate of drug-likeness (QED) is 0.670. The van der Waals surface area contributed by atoms with E-state index in [1.807, 2.05) is 0 Å². The van der Waals surface area contributed by atoms with Crippen molar-refractivity contribution in [1.29, 1.82) is 0 Å². The van der Waals surface area contributed by atoms with Gasteiger partial charge in [0, 0.05) is 10.6 Å². The Labute approximate surface area is 119 Å². The molecule has 3 N–H and O–H groups in total. The van der Waals surface area contributed by atoms with Gasteiger partial charge in [-0.1, -0.05) is 11.6 Å². The van der Waals surface area contributed by atoms with Crippen molar-refractivity contribution in [3.05, 3.63) is 70.0 Å². The van der Waals surface area contributed by atoms with Gasteiger partial charge in [-0.05, 0) is 48.4 Å². The smallest absolute Gasteiger partial charge is 0.128 e. The molecule has 0 saturated carbocycles. The van der Waals surface area contributed by atoms with Crippen molar-refractivity contribution >= 4 is 11.6 Å². The molecule has 0 bridgehead atoms. The molecular formula is C14H12ClF3N2. The third-order valence-electron chi connectivity index (χ3n) is 2.97. The Morgan fingerprint density at radius 3 is 2.40 bits per heavy atom. The van der Waals surface area contributed by atoms with E-state index in [0.717, 1.165) is 18.2 Å². The normalized spacial score (nSPS) is 12.4. The number of hydrogen-bond acceptors (Lipinski definition) is 2. The molecule has 0 heterocycles. The maximum absolute atomic E-state index is 13.7. The Bertz CT molecular complexity index is 619. The first-order valence-corrected chi connectivity index (χ1v) is 6.24. The monoisotopic (exact) mass is 300 g/mol. The summed E-state index contributed by atoms with van der Waals surface area (Å²) in [5.74, 6) is 3.75. The van der Waals surface area contributed by atoms with Crippen LogP contribution in [0.1, 0.15) is 17.2 Å². The van der Waals surface area contributed by atoms with Crippen LogP contribution in [0.5, 0.6) is 0 Å². The van der Waals surface area contributed by atoms with E-state index in [9.17, 15) is 13.2 Å². The lowest BCUT2D eigenvalue weighted by atomic mass is 9.98. The Morgan fingerprint density at radius 2 is 1.70 bits per heavy atom. The van der Waals surface area contributed by atoms with Crippen LogP contribution in [-0.4, -0.2) is 0 Å². The van der Waals surface area contributed by atoms with Gasteiger partial charge in [-0.3, -0.25) is 11.3 Å². The topological polar surface area (TPSA) is 38.0 Å². The Hall–Kier alpha value is -1.56. The average Bonchev–Trinajstić information content (AvgIpc) is 2.42. The number of rotatable bonds is 4. The summed E-state index contributed by atoms with van der Waals surface area (Å²) in [6.07, 6.45) is 0.132. The van der Waals surface area contributed by atoms with E-state index in [-0.39, 0.29) is 12.0 Å². The maximum atomic E-state index is 13.7. The van der Waals surface area contributed by atoms with Crippen LogP contribution >= 0.6 is 11.6 Å². The van der Waals surface area contributed by atoms with E-state index in [0.29, 0.717) is 10.6 Å². The number of nitrogens with one attached hydrogen (secondary N) is 1. The molecule has 2 aromatic carbocycles. The van der Waals surface area contributed by atoms with Crippen molar-refractivity contribution in [2.24, 2.45) is 5.84 Å². The van der Waals surface area contributed by atoms with E-state index in [1.54, 1.807) is 0 Å². The molecular weight excluding hydrogens is 289 g/mol. The molecule has 6 heteroatoms. The standard InChI is InChI=1S/C14H12ClF3N2/c15-12-3-1-9(16)5-8(12)6-14(20-19)11-7-10(17)2-4-13(11)18/h1-5,7,14,20H,6,19H2. The summed E-state index contributed by atoms with van der Waals surface area (Å²) < 4.78 is 40.1. The number of nitrogens with two attached hydrogens (primary N) is 1. The molecule has 2 nitrogen and oxygen atoms in total. The zero-order valence-corrected chi connectivity index (χ0v) is 11.1. The largest absolute Gasteiger partial charge is 0.271 e. The third kappa shape index (κ3) is 3.30. The molecule has 106 valence electrons. The van der Waals surface area contributed by atoms with Crippen LogP contribution in [0.2, 0.25) is 5.02 Å². The van der Waals surface area contributed by atoms with Gasteiger partial charge < -0.3 is 0 Å². The molecule has 0 aromatic heterocycles. The van der Waals surface area contributed by atoms with Gasteiger partial charge in [0.1, 0.15) is 17.5 Å². The number of benzene rings is 2. The molecule has 0 aliphatic carbocycles. The molecule has 0 aliphatic rings. The predicted molar refractivity (Wildman–Crippen MR) is 71.5 cm³/mol. The molecule has 0 aliphatic heterocycles. The van der Waals surface area contributed by atoms with Gasteiger partial charge in [0.05, 0.1) is 6.04 Å². The van der Waals surface area contributed by atoms with E-state index in [4.69, 9.17) is 17.4 Å². The van der Waals surface area contributed by atoms with Crippen LogP contribution in [-0.2, 0) is 6.42 Å². The van der Waals surface area contributed by atoms with Crippen molar-refractivity contribution in [2.45, 2.75) is 12.5 Å². The molecule has 20 heavy (non-hydrogen) atoms. The third-order valence-corrected chi connectivity index (χ3v) is 3.34. The second-order valence-corrected chi connectivity index (χ2v) is 4.73. The van der Waals surface area contributed by atoms with Gasteiger partial charge in [-0.15, -0.1) is 0 Å². The predicted octanol–water partition coefficient (Wildman–Crippen LogP) is 3.50. The maximum Gasteiger partial charge on any atom is 0.128 e. The van der Waals surface area contributed by atoms with Crippen LogP contribution in [0.15, 0.2) is 36.4 Å². The fraction of sp³-hybridized carbons (Fsp3) is 0.143. The highest BCUT2D eigenvalue weighted by atomic mass is 35.5. The minimum absolute atomic E-state index is 0.0628. The highest BCUT2D eigenvalue weighted by molar-refractivity contribution is 6.31. The molecule has 0 fully saturated rings. The molecule has 0 amide bonds. The summed E-state index contributed by atoms with van der Waals surface area (Å²) in [5.41, 5.74) is 2.91. The lowest BCUT2D eigenvalue weighted by Gasteiger charge is -2.18. The fourth-order valence-corrected chi connectivity index (χ4v) is 2.15. The summed E-state index contributed by atoms with van der Waals surface area (Å²) in [4.78, 5) is 0. The van der Waals surface area contributed by atoms with Gasteiger partial charge in [0.25, 0.3) is 0 Å². The van der Waals surface area contributed by atoms with Crippen molar-refractivity contribution < 1.29 is 13.2 Å². The molecule has 2 aromatic rings. The number of hydrogen-bond donors (Lipinski definition) is 2. The number of hydrazine groups is 1. The average molecular weight is 301 g/mol. The Morgan fingerprint density at radius 1 is 1.05 bits per heavy atom. The zero-order chi connectivity index (χ0) is 14.7. The molecule has 0 spiro atoms.